The zero-order valence-corrected chi connectivity index (χ0v) is 15.0. The van der Waals surface area contributed by atoms with E-state index in [-0.39, 0.29) is 29.8 Å². The summed E-state index contributed by atoms with van der Waals surface area (Å²) in [5, 5.41) is 3.73. The van der Waals surface area contributed by atoms with Crippen molar-refractivity contribution in [3.05, 3.63) is 34.9 Å². The molecule has 1 atom stereocenters. The predicted octanol–water partition coefficient (Wildman–Crippen LogP) is 3.67. The van der Waals surface area contributed by atoms with Crippen molar-refractivity contribution in [3.63, 3.8) is 0 Å². The molecular formula is C18H22Cl2N2O2. The van der Waals surface area contributed by atoms with Crippen LogP contribution < -0.4 is 5.32 Å². The number of benzene rings is 1. The second-order valence-corrected chi connectivity index (χ2v) is 7.31. The summed E-state index contributed by atoms with van der Waals surface area (Å²) in [7, 11) is 0. The average molecular weight is 369 g/mol. The summed E-state index contributed by atoms with van der Waals surface area (Å²) >= 11 is 11.8. The Bertz CT molecular complexity index is 596. The van der Waals surface area contributed by atoms with Crippen LogP contribution in [0.3, 0.4) is 0 Å². The van der Waals surface area contributed by atoms with E-state index < -0.39 is 6.04 Å². The summed E-state index contributed by atoms with van der Waals surface area (Å²) in [6.45, 7) is 0. The van der Waals surface area contributed by atoms with Crippen LogP contribution in [-0.4, -0.2) is 34.7 Å². The Morgan fingerprint density at radius 3 is 2.29 bits per heavy atom. The summed E-state index contributed by atoms with van der Waals surface area (Å²) < 4.78 is 0. The lowest BCUT2D eigenvalue weighted by atomic mass is 10.0. The fourth-order valence-electron chi connectivity index (χ4n) is 3.41. The molecule has 2 fully saturated rings. The van der Waals surface area contributed by atoms with E-state index >= 15 is 0 Å². The second kappa shape index (κ2) is 7.75. The van der Waals surface area contributed by atoms with Gasteiger partial charge in [0.25, 0.3) is 0 Å². The Hall–Kier alpha value is -1.26. The lowest BCUT2D eigenvalue weighted by Crippen LogP contribution is -2.47. The van der Waals surface area contributed by atoms with E-state index in [9.17, 15) is 9.59 Å². The monoisotopic (exact) mass is 368 g/mol. The molecule has 0 radical (unpaired) electrons. The highest BCUT2D eigenvalue weighted by Crippen LogP contribution is 2.35. The van der Waals surface area contributed by atoms with Gasteiger partial charge in [-0.3, -0.25) is 9.59 Å². The van der Waals surface area contributed by atoms with E-state index in [1.165, 1.54) is 0 Å². The molecule has 1 N–H and O–H groups in total. The summed E-state index contributed by atoms with van der Waals surface area (Å²) in [6.07, 6.45) is 6.14. The lowest BCUT2D eigenvalue weighted by molar-refractivity contribution is -0.140. The fraction of sp³-hybridized carbons (Fsp3) is 0.556. The minimum Gasteiger partial charge on any atom is -0.351 e. The van der Waals surface area contributed by atoms with Crippen LogP contribution in [0.5, 0.6) is 0 Å². The van der Waals surface area contributed by atoms with Gasteiger partial charge < -0.3 is 10.2 Å². The van der Waals surface area contributed by atoms with Gasteiger partial charge in [-0.1, -0.05) is 36.6 Å². The molecule has 0 saturated heterocycles. The Morgan fingerprint density at radius 2 is 1.75 bits per heavy atom. The number of nitrogens with zero attached hydrogens (tertiary/aromatic N) is 1. The minimum atomic E-state index is -0.637. The Kier molecular flexibility index (Phi) is 5.67. The average Bonchev–Trinajstić information content (AvgIpc) is 3.29. The first-order chi connectivity index (χ1) is 11.6. The van der Waals surface area contributed by atoms with Crippen molar-refractivity contribution in [2.45, 2.75) is 56.7 Å². The first-order valence-electron chi connectivity index (χ1n) is 8.53. The first kappa shape index (κ1) is 17.6. The third-order valence-electron chi connectivity index (χ3n) is 4.76. The van der Waals surface area contributed by atoms with E-state index in [2.05, 4.69) is 5.32 Å². The maximum Gasteiger partial charge on any atom is 0.247 e. The molecule has 0 spiro atoms. The number of rotatable bonds is 6. The van der Waals surface area contributed by atoms with Crippen molar-refractivity contribution >= 4 is 35.0 Å². The zero-order valence-electron chi connectivity index (χ0n) is 13.5. The largest absolute Gasteiger partial charge is 0.351 e. The van der Waals surface area contributed by atoms with Gasteiger partial charge in [-0.2, -0.15) is 0 Å². The topological polar surface area (TPSA) is 49.4 Å². The number of carbonyl (C=O) groups is 2. The first-order valence-corrected chi connectivity index (χ1v) is 9.44. The highest BCUT2D eigenvalue weighted by molar-refractivity contribution is 6.30. The number of hydrogen-bond acceptors (Lipinski definition) is 2. The molecule has 24 heavy (non-hydrogen) atoms. The standard InChI is InChI=1S/C18H22Cl2N2O2/c19-11-16(23)22(15-9-10-15)17(12-5-7-13(20)8-6-12)18(24)21-14-3-1-2-4-14/h5-8,14-15,17H,1-4,9-11H2,(H,21,24). The van der Waals surface area contributed by atoms with Crippen LogP contribution in [0.25, 0.3) is 0 Å². The Balaban J connectivity index is 1.88. The molecule has 2 amide bonds. The summed E-state index contributed by atoms with van der Waals surface area (Å²) in [5.74, 6) is -0.424. The summed E-state index contributed by atoms with van der Waals surface area (Å²) in [4.78, 5) is 27.1. The molecule has 6 heteroatoms. The third kappa shape index (κ3) is 4.04. The van der Waals surface area contributed by atoms with E-state index in [1.807, 2.05) is 12.1 Å². The van der Waals surface area contributed by atoms with Crippen LogP contribution in [0.1, 0.15) is 50.1 Å². The van der Waals surface area contributed by atoms with Crippen LogP contribution in [0.15, 0.2) is 24.3 Å². The van der Waals surface area contributed by atoms with Crippen LogP contribution in [0.2, 0.25) is 5.02 Å². The maximum absolute atomic E-state index is 13.0. The van der Waals surface area contributed by atoms with E-state index in [4.69, 9.17) is 23.2 Å². The number of amides is 2. The number of nitrogens with one attached hydrogen (secondary N) is 1. The van der Waals surface area contributed by atoms with Gasteiger partial charge in [0.2, 0.25) is 11.8 Å². The maximum atomic E-state index is 13.0. The van der Waals surface area contributed by atoms with Gasteiger partial charge in [-0.05, 0) is 43.4 Å². The van der Waals surface area contributed by atoms with Crippen molar-refractivity contribution < 1.29 is 9.59 Å². The quantitative estimate of drug-likeness (QED) is 0.778. The third-order valence-corrected chi connectivity index (χ3v) is 5.24. The molecule has 4 nitrogen and oxygen atoms in total. The molecule has 2 aliphatic rings. The molecule has 0 heterocycles. The van der Waals surface area contributed by atoms with Gasteiger partial charge in [0.05, 0.1) is 0 Å². The highest BCUT2D eigenvalue weighted by atomic mass is 35.5. The lowest BCUT2D eigenvalue weighted by Gasteiger charge is -2.32. The summed E-state index contributed by atoms with van der Waals surface area (Å²) in [5.41, 5.74) is 0.778. The van der Waals surface area contributed by atoms with Crippen LogP contribution in [-0.2, 0) is 9.59 Å². The van der Waals surface area contributed by atoms with Crippen molar-refractivity contribution in [2.24, 2.45) is 0 Å². The van der Waals surface area contributed by atoms with Crippen molar-refractivity contribution in [3.8, 4) is 0 Å². The second-order valence-electron chi connectivity index (χ2n) is 6.61. The van der Waals surface area contributed by atoms with Crippen LogP contribution in [0.4, 0.5) is 0 Å². The van der Waals surface area contributed by atoms with Gasteiger partial charge >= 0.3 is 0 Å². The molecule has 2 saturated carbocycles. The molecule has 3 rings (SSSR count). The molecule has 130 valence electrons. The van der Waals surface area contributed by atoms with Crippen LogP contribution >= 0.6 is 23.2 Å². The Labute approximate surface area is 152 Å². The molecular weight excluding hydrogens is 347 g/mol. The van der Waals surface area contributed by atoms with Gasteiger partial charge in [-0.15, -0.1) is 11.6 Å². The number of halogens is 2. The fourth-order valence-corrected chi connectivity index (χ4v) is 3.68. The zero-order chi connectivity index (χ0) is 17.1. The molecule has 1 aromatic carbocycles. The Morgan fingerprint density at radius 1 is 1.12 bits per heavy atom. The highest BCUT2D eigenvalue weighted by Gasteiger charge is 2.41. The number of hydrogen-bond donors (Lipinski definition) is 1. The molecule has 0 aliphatic heterocycles. The van der Waals surface area contributed by atoms with Gasteiger partial charge in [0, 0.05) is 17.1 Å². The van der Waals surface area contributed by atoms with Gasteiger partial charge in [-0.25, -0.2) is 0 Å². The van der Waals surface area contributed by atoms with Crippen molar-refractivity contribution in [2.75, 3.05) is 5.88 Å². The SMILES string of the molecule is O=C(NC1CCCC1)C(c1ccc(Cl)cc1)N(C(=O)CCl)C1CC1. The smallest absolute Gasteiger partial charge is 0.247 e. The number of carbonyl (C=O) groups excluding carboxylic acids is 2. The molecule has 1 aromatic rings. The molecule has 2 aliphatic carbocycles. The minimum absolute atomic E-state index is 0.103. The van der Waals surface area contributed by atoms with Gasteiger partial charge in [0.15, 0.2) is 0 Å². The molecule has 1 unspecified atom stereocenters. The summed E-state index contributed by atoms with van der Waals surface area (Å²) in [6, 6.07) is 6.81. The normalized spacial score (nSPS) is 19.1. The van der Waals surface area contributed by atoms with E-state index in [0.29, 0.717) is 5.02 Å². The van der Waals surface area contributed by atoms with E-state index in [1.54, 1.807) is 17.0 Å². The van der Waals surface area contributed by atoms with Gasteiger partial charge in [0.1, 0.15) is 11.9 Å². The van der Waals surface area contributed by atoms with E-state index in [0.717, 1.165) is 44.1 Å². The van der Waals surface area contributed by atoms with Crippen LogP contribution in [0, 0.1) is 0 Å². The number of alkyl halides is 1. The molecule has 0 bridgehead atoms. The molecule has 0 aromatic heterocycles. The van der Waals surface area contributed by atoms with Crippen molar-refractivity contribution in [1.82, 2.24) is 10.2 Å². The van der Waals surface area contributed by atoms with Crippen molar-refractivity contribution in [1.29, 1.82) is 0 Å². The predicted molar refractivity (Wildman–Crippen MR) is 95.2 cm³/mol.